The molecule has 0 aliphatic rings. The van der Waals surface area contributed by atoms with Gasteiger partial charge in [0.05, 0.1) is 13.2 Å². The number of carbonyl (C=O) groups is 3. The van der Waals surface area contributed by atoms with Gasteiger partial charge in [-0.05, 0) is 55.2 Å². The highest BCUT2D eigenvalue weighted by Gasteiger charge is 2.15. The maximum atomic E-state index is 12.3. The van der Waals surface area contributed by atoms with Gasteiger partial charge in [0.1, 0.15) is 0 Å². The number of ether oxygens (including phenoxy) is 2. The fraction of sp³-hybridized carbons (Fsp3) is 0.400. The van der Waals surface area contributed by atoms with Gasteiger partial charge in [-0.15, -0.1) is 0 Å². The number of rotatable bonds is 8. The summed E-state index contributed by atoms with van der Waals surface area (Å²) in [6.45, 7) is 10.2. The fourth-order valence-electron chi connectivity index (χ4n) is 2.93. The minimum atomic E-state index is -0.499. The normalized spacial score (nSPS) is 11.0. The van der Waals surface area contributed by atoms with Crippen LogP contribution in [0, 0.1) is 0 Å². The van der Waals surface area contributed by atoms with Gasteiger partial charge in [-0.3, -0.25) is 25.2 Å². The smallest absolute Gasteiger partial charge is 0.269 e. The second-order valence-corrected chi connectivity index (χ2v) is 8.87. The molecular formula is C25H33N3O5. The first-order valence-electron chi connectivity index (χ1n) is 10.8. The minimum Gasteiger partial charge on any atom is -0.493 e. The van der Waals surface area contributed by atoms with E-state index in [0.717, 1.165) is 5.56 Å². The Morgan fingerprint density at radius 2 is 1.52 bits per heavy atom. The van der Waals surface area contributed by atoms with Crippen molar-refractivity contribution in [2.75, 3.05) is 13.7 Å². The van der Waals surface area contributed by atoms with Gasteiger partial charge in [-0.2, -0.15) is 0 Å². The molecule has 0 radical (unpaired) electrons. The van der Waals surface area contributed by atoms with Gasteiger partial charge < -0.3 is 14.8 Å². The molecule has 8 nitrogen and oxygen atoms in total. The third-order valence-electron chi connectivity index (χ3n) is 4.75. The lowest BCUT2D eigenvalue weighted by molar-refractivity contribution is -0.121. The van der Waals surface area contributed by atoms with Crippen LogP contribution >= 0.6 is 0 Å². The topological polar surface area (TPSA) is 106 Å². The van der Waals surface area contributed by atoms with Crippen LogP contribution in [0.25, 0.3) is 0 Å². The Bertz CT molecular complexity index is 979. The Morgan fingerprint density at radius 3 is 2.09 bits per heavy atom. The van der Waals surface area contributed by atoms with Gasteiger partial charge in [0.2, 0.25) is 5.91 Å². The summed E-state index contributed by atoms with van der Waals surface area (Å²) in [5, 5.41) is 2.70. The van der Waals surface area contributed by atoms with Crippen molar-refractivity contribution in [3.63, 3.8) is 0 Å². The van der Waals surface area contributed by atoms with Crippen LogP contribution < -0.4 is 25.6 Å². The van der Waals surface area contributed by atoms with Gasteiger partial charge in [0.15, 0.2) is 11.5 Å². The van der Waals surface area contributed by atoms with Crippen LogP contribution in [0.3, 0.4) is 0 Å². The van der Waals surface area contributed by atoms with Crippen molar-refractivity contribution >= 4 is 17.7 Å². The van der Waals surface area contributed by atoms with Gasteiger partial charge in [-0.25, -0.2) is 0 Å². The van der Waals surface area contributed by atoms with E-state index in [0.29, 0.717) is 22.6 Å². The van der Waals surface area contributed by atoms with Gasteiger partial charge >= 0.3 is 0 Å². The summed E-state index contributed by atoms with van der Waals surface area (Å²) in [5.41, 5.74) is 6.66. The molecule has 2 aromatic carbocycles. The van der Waals surface area contributed by atoms with Crippen molar-refractivity contribution in [1.29, 1.82) is 0 Å². The molecule has 33 heavy (non-hydrogen) atoms. The first-order valence-corrected chi connectivity index (χ1v) is 10.8. The summed E-state index contributed by atoms with van der Waals surface area (Å²) in [6, 6.07) is 12.1. The van der Waals surface area contributed by atoms with Gasteiger partial charge in [0.25, 0.3) is 11.8 Å². The van der Waals surface area contributed by atoms with Crippen LogP contribution in [-0.2, 0) is 10.2 Å². The predicted octanol–water partition coefficient (Wildman–Crippen LogP) is 3.36. The molecule has 0 saturated heterocycles. The zero-order valence-corrected chi connectivity index (χ0v) is 20.1. The number of benzene rings is 2. The highest BCUT2D eigenvalue weighted by molar-refractivity contribution is 5.96. The second kappa shape index (κ2) is 11.4. The van der Waals surface area contributed by atoms with E-state index >= 15 is 0 Å². The van der Waals surface area contributed by atoms with E-state index < -0.39 is 11.8 Å². The first-order chi connectivity index (χ1) is 15.5. The molecule has 0 atom stereocenters. The molecule has 0 fully saturated rings. The highest BCUT2D eigenvalue weighted by atomic mass is 16.5. The van der Waals surface area contributed by atoms with Crippen molar-refractivity contribution in [2.24, 2.45) is 0 Å². The highest BCUT2D eigenvalue weighted by Crippen LogP contribution is 2.29. The number of carbonyl (C=O) groups excluding carboxylic acids is 3. The zero-order valence-electron chi connectivity index (χ0n) is 20.1. The van der Waals surface area contributed by atoms with Crippen LogP contribution in [0.1, 0.15) is 67.3 Å². The molecule has 0 spiro atoms. The average Bonchev–Trinajstić information content (AvgIpc) is 2.76. The standard InChI is InChI=1S/C25H33N3O5/c1-16(2)33-20-12-9-18(15-21(20)32-6)24(31)28-27-22(29)13-14-26-23(30)17-7-10-19(11-8-17)25(3,4)5/h7-12,15-16H,13-14H2,1-6H3,(H,26,30)(H,27,29)(H,28,31). The monoisotopic (exact) mass is 455 g/mol. The molecule has 0 heterocycles. The molecule has 0 saturated carbocycles. The molecule has 0 aromatic heterocycles. The average molecular weight is 456 g/mol. The molecule has 3 amide bonds. The second-order valence-electron chi connectivity index (χ2n) is 8.87. The Labute approximate surface area is 195 Å². The van der Waals surface area contributed by atoms with Gasteiger partial charge in [0, 0.05) is 24.1 Å². The van der Waals surface area contributed by atoms with Crippen molar-refractivity contribution in [2.45, 2.75) is 52.6 Å². The maximum absolute atomic E-state index is 12.3. The minimum absolute atomic E-state index is 0.00651. The Balaban J connectivity index is 1.80. The number of hydrazine groups is 1. The molecule has 0 unspecified atom stereocenters. The van der Waals surface area contributed by atoms with Crippen LogP contribution in [0.15, 0.2) is 42.5 Å². The number of hydrogen-bond donors (Lipinski definition) is 3. The van der Waals surface area contributed by atoms with E-state index in [1.165, 1.54) is 13.2 Å². The predicted molar refractivity (Wildman–Crippen MR) is 126 cm³/mol. The Kier molecular flexibility index (Phi) is 8.85. The van der Waals surface area contributed by atoms with Crippen molar-refractivity contribution in [3.05, 3.63) is 59.2 Å². The Morgan fingerprint density at radius 1 is 0.879 bits per heavy atom. The molecule has 0 aliphatic heterocycles. The number of hydrogen-bond acceptors (Lipinski definition) is 5. The lowest BCUT2D eigenvalue weighted by atomic mass is 9.87. The molecule has 0 aliphatic carbocycles. The quantitative estimate of drug-likeness (QED) is 0.530. The molecule has 0 bridgehead atoms. The summed E-state index contributed by atoms with van der Waals surface area (Å²) in [6.07, 6.45) is -0.0301. The van der Waals surface area contributed by atoms with Crippen LogP contribution in [0.2, 0.25) is 0 Å². The summed E-state index contributed by atoms with van der Waals surface area (Å²) >= 11 is 0. The van der Waals surface area contributed by atoms with Gasteiger partial charge in [-0.1, -0.05) is 32.9 Å². The van der Waals surface area contributed by atoms with E-state index in [1.807, 2.05) is 26.0 Å². The molecule has 178 valence electrons. The van der Waals surface area contributed by atoms with Crippen LogP contribution in [0.5, 0.6) is 11.5 Å². The Hall–Kier alpha value is -3.55. The fourth-order valence-corrected chi connectivity index (χ4v) is 2.93. The first kappa shape index (κ1) is 25.7. The SMILES string of the molecule is COc1cc(C(=O)NNC(=O)CCNC(=O)c2ccc(C(C)(C)C)cc2)ccc1OC(C)C. The van der Waals surface area contributed by atoms with E-state index in [9.17, 15) is 14.4 Å². The summed E-state index contributed by atoms with van der Waals surface area (Å²) < 4.78 is 10.9. The van der Waals surface area contributed by atoms with E-state index in [-0.39, 0.29) is 30.4 Å². The molecule has 8 heteroatoms. The lowest BCUT2D eigenvalue weighted by Gasteiger charge is -2.19. The maximum Gasteiger partial charge on any atom is 0.269 e. The lowest BCUT2D eigenvalue weighted by Crippen LogP contribution is -2.42. The van der Waals surface area contributed by atoms with E-state index in [2.05, 4.69) is 36.9 Å². The summed E-state index contributed by atoms with van der Waals surface area (Å²) in [4.78, 5) is 36.6. The van der Waals surface area contributed by atoms with Crippen molar-refractivity contribution in [3.8, 4) is 11.5 Å². The van der Waals surface area contributed by atoms with Crippen molar-refractivity contribution < 1.29 is 23.9 Å². The zero-order chi connectivity index (χ0) is 24.6. The largest absolute Gasteiger partial charge is 0.493 e. The van der Waals surface area contributed by atoms with E-state index in [1.54, 1.807) is 24.3 Å². The van der Waals surface area contributed by atoms with Crippen LogP contribution in [0.4, 0.5) is 0 Å². The summed E-state index contributed by atoms with van der Waals surface area (Å²) in [7, 11) is 1.49. The number of methoxy groups -OCH3 is 1. The third kappa shape index (κ3) is 7.82. The molecule has 2 rings (SSSR count). The summed E-state index contributed by atoms with van der Waals surface area (Å²) in [5.74, 6) is -0.250. The molecular weight excluding hydrogens is 422 g/mol. The van der Waals surface area contributed by atoms with E-state index in [4.69, 9.17) is 9.47 Å². The molecule has 2 aromatic rings. The third-order valence-corrected chi connectivity index (χ3v) is 4.75. The number of amides is 3. The van der Waals surface area contributed by atoms with Crippen LogP contribution in [-0.4, -0.2) is 37.5 Å². The number of nitrogens with one attached hydrogen (secondary N) is 3. The van der Waals surface area contributed by atoms with Crippen molar-refractivity contribution in [1.82, 2.24) is 16.2 Å². The molecule has 3 N–H and O–H groups in total.